The van der Waals surface area contributed by atoms with E-state index < -0.39 is 46.9 Å². The molecule has 5 aliphatic carbocycles. The van der Waals surface area contributed by atoms with E-state index in [9.17, 15) is 24.6 Å². The van der Waals surface area contributed by atoms with Crippen LogP contribution in [0.1, 0.15) is 141 Å². The summed E-state index contributed by atoms with van der Waals surface area (Å²) in [7, 11) is 0. The van der Waals surface area contributed by atoms with E-state index in [1.807, 2.05) is 13.8 Å². The Kier molecular flexibility index (Phi) is 9.36. The summed E-state index contributed by atoms with van der Waals surface area (Å²) in [6, 6.07) is -0.897. The summed E-state index contributed by atoms with van der Waals surface area (Å²) in [5, 5.41) is 25.6. The van der Waals surface area contributed by atoms with E-state index in [0.717, 1.165) is 44.9 Å². The Hall–Kier alpha value is -1.91. The predicted molar refractivity (Wildman–Crippen MR) is 191 cm³/mol. The van der Waals surface area contributed by atoms with Gasteiger partial charge >= 0.3 is 18.0 Å². The monoisotopic (exact) mass is 717 g/mol. The first-order valence-electron chi connectivity index (χ1n) is 19.8. The minimum absolute atomic E-state index is 0.0419. The van der Waals surface area contributed by atoms with Crippen molar-refractivity contribution in [2.75, 3.05) is 0 Å². The van der Waals surface area contributed by atoms with Gasteiger partial charge in [-0.25, -0.2) is 9.59 Å². The summed E-state index contributed by atoms with van der Waals surface area (Å²) in [6.45, 7) is 23.3. The second-order valence-electron chi connectivity index (χ2n) is 20.6. The lowest BCUT2D eigenvalue weighted by molar-refractivity contribution is -0.220. The van der Waals surface area contributed by atoms with Gasteiger partial charge in [-0.2, -0.15) is 0 Å². The van der Waals surface area contributed by atoms with Crippen molar-refractivity contribution in [1.29, 1.82) is 0 Å². The van der Waals surface area contributed by atoms with Crippen LogP contribution in [0.5, 0.6) is 0 Å². The molecule has 1 saturated heterocycles. The summed E-state index contributed by atoms with van der Waals surface area (Å²) >= 11 is 0. The predicted octanol–water partition coefficient (Wildman–Crippen LogP) is 6.72. The smallest absolute Gasteiger partial charge is 0.408 e. The van der Waals surface area contributed by atoms with Crippen molar-refractivity contribution < 1.29 is 43.5 Å². The molecule has 10 heteroatoms. The maximum Gasteiger partial charge on any atom is 0.408 e. The van der Waals surface area contributed by atoms with Crippen LogP contribution in [-0.2, 0) is 28.5 Å². The molecule has 0 bridgehead atoms. The third kappa shape index (κ3) is 6.04. The number of fused-ring (bicyclic) bond motifs is 2. The fourth-order valence-electron chi connectivity index (χ4n) is 13.2. The number of hydrogen-bond donors (Lipinski definition) is 3. The first-order chi connectivity index (χ1) is 23.3. The maximum absolute atomic E-state index is 14.3. The van der Waals surface area contributed by atoms with E-state index in [1.54, 1.807) is 34.6 Å². The summed E-state index contributed by atoms with van der Waals surface area (Å²) in [4.78, 5) is 39.5. The highest BCUT2D eigenvalue weighted by Gasteiger charge is 2.85. The zero-order valence-corrected chi connectivity index (χ0v) is 33.4. The van der Waals surface area contributed by atoms with Gasteiger partial charge < -0.3 is 34.5 Å². The number of hydrogen-bond acceptors (Lipinski definition) is 9. The molecule has 6 fully saturated rings. The van der Waals surface area contributed by atoms with Crippen LogP contribution in [0.2, 0.25) is 0 Å². The lowest BCUT2D eigenvalue weighted by Gasteiger charge is -2.64. The molecule has 5 saturated carbocycles. The number of nitrogens with one attached hydrogen (secondary N) is 1. The number of esters is 2. The van der Waals surface area contributed by atoms with Crippen LogP contribution in [0, 0.1) is 50.7 Å². The van der Waals surface area contributed by atoms with Crippen molar-refractivity contribution in [3.8, 4) is 0 Å². The molecule has 0 radical (unpaired) electrons. The molecule has 1 amide bonds. The number of carbonyl (C=O) groups is 3. The molecular weight excluding hydrogens is 650 g/mol. The summed E-state index contributed by atoms with van der Waals surface area (Å²) in [5.41, 5.74) is -2.62. The quantitative estimate of drug-likeness (QED) is 0.193. The van der Waals surface area contributed by atoms with Gasteiger partial charge in [-0.15, -0.1) is 0 Å². The number of carbonyl (C=O) groups excluding carboxylic acids is 3. The first kappa shape index (κ1) is 38.8. The van der Waals surface area contributed by atoms with Crippen LogP contribution < -0.4 is 5.32 Å². The van der Waals surface area contributed by atoms with Gasteiger partial charge in [0.05, 0.1) is 23.9 Å². The van der Waals surface area contributed by atoms with Crippen LogP contribution >= 0.6 is 0 Å². The molecule has 0 aromatic heterocycles. The molecule has 290 valence electrons. The van der Waals surface area contributed by atoms with Crippen molar-refractivity contribution in [3.63, 3.8) is 0 Å². The molecule has 1 heterocycles. The third-order valence-electron chi connectivity index (χ3n) is 15.4. The number of amides is 1. The van der Waals surface area contributed by atoms with Crippen LogP contribution in [0.4, 0.5) is 4.79 Å². The van der Waals surface area contributed by atoms with E-state index >= 15 is 0 Å². The Morgan fingerprint density at radius 3 is 2.14 bits per heavy atom. The third-order valence-corrected chi connectivity index (χ3v) is 15.4. The number of aliphatic hydroxyl groups is 2. The molecule has 0 aromatic rings. The van der Waals surface area contributed by atoms with Gasteiger partial charge in [0.2, 0.25) is 0 Å². The number of aliphatic hydroxyl groups excluding tert-OH is 1. The van der Waals surface area contributed by atoms with E-state index in [-0.39, 0.29) is 69.6 Å². The summed E-state index contributed by atoms with van der Waals surface area (Å²) in [5.74, 6) is -0.915. The Morgan fingerprint density at radius 2 is 1.57 bits per heavy atom. The highest BCUT2D eigenvalue weighted by atomic mass is 16.6. The molecule has 3 unspecified atom stereocenters. The molecule has 3 N–H and O–H groups in total. The van der Waals surface area contributed by atoms with Crippen LogP contribution in [0.3, 0.4) is 0 Å². The zero-order valence-electron chi connectivity index (χ0n) is 33.4. The Balaban J connectivity index is 1.35. The number of alkyl carbamates (subject to hydrolysis) is 1. The minimum Gasteiger partial charge on any atom is -0.462 e. The lowest BCUT2D eigenvalue weighted by atomic mass is 9.41. The highest BCUT2D eigenvalue weighted by Crippen LogP contribution is 2.89. The summed E-state index contributed by atoms with van der Waals surface area (Å²) in [6.07, 6.45) is 5.26. The Labute approximate surface area is 305 Å². The average molecular weight is 718 g/mol. The van der Waals surface area contributed by atoms with E-state index in [4.69, 9.17) is 18.9 Å². The summed E-state index contributed by atoms with van der Waals surface area (Å²) < 4.78 is 24.8. The van der Waals surface area contributed by atoms with Gasteiger partial charge in [0.1, 0.15) is 23.9 Å². The van der Waals surface area contributed by atoms with E-state index in [0.29, 0.717) is 12.8 Å². The van der Waals surface area contributed by atoms with Crippen LogP contribution in [0.15, 0.2) is 0 Å². The molecule has 6 rings (SSSR count). The SMILES string of the molecule is CC(=O)O[C@H]1CC[C@]23CC24CC[C@]2(C)[C@@H](C5CC[C@@H](C(C)(C)O)O5)[C@@H](O)C[C@@]2(C)C4C[C@H](OC(=O)[C@@H](NC(=O)OC(C)(C)C)C(C)C)[C@H]3C1(C)C. The molecule has 51 heavy (non-hydrogen) atoms. The Bertz CT molecular complexity index is 1400. The topological polar surface area (TPSA) is 141 Å². The van der Waals surface area contributed by atoms with E-state index in [2.05, 4.69) is 33.0 Å². The Morgan fingerprint density at radius 1 is 0.902 bits per heavy atom. The fraction of sp³-hybridized carbons (Fsp3) is 0.927. The largest absolute Gasteiger partial charge is 0.462 e. The van der Waals surface area contributed by atoms with Crippen molar-refractivity contribution >= 4 is 18.0 Å². The first-order valence-corrected chi connectivity index (χ1v) is 19.8. The second-order valence-corrected chi connectivity index (χ2v) is 20.6. The molecule has 0 aromatic carbocycles. The van der Waals surface area contributed by atoms with Crippen molar-refractivity contribution in [2.45, 2.75) is 189 Å². The van der Waals surface area contributed by atoms with Crippen molar-refractivity contribution in [2.24, 2.45) is 50.7 Å². The minimum atomic E-state index is -0.945. The van der Waals surface area contributed by atoms with Gasteiger partial charge in [0.25, 0.3) is 0 Å². The fourth-order valence-corrected chi connectivity index (χ4v) is 13.2. The highest BCUT2D eigenvalue weighted by molar-refractivity contribution is 5.82. The molecule has 6 aliphatic rings. The maximum atomic E-state index is 14.3. The molecule has 13 atom stereocenters. The van der Waals surface area contributed by atoms with Crippen molar-refractivity contribution in [3.05, 3.63) is 0 Å². The van der Waals surface area contributed by atoms with Gasteiger partial charge in [0.15, 0.2) is 0 Å². The lowest BCUT2D eigenvalue weighted by Crippen LogP contribution is -2.63. The molecular formula is C41H67NO9. The van der Waals surface area contributed by atoms with Gasteiger partial charge in [-0.1, -0.05) is 41.5 Å². The normalized spacial score (nSPS) is 44.7. The van der Waals surface area contributed by atoms with Gasteiger partial charge in [-0.05, 0) is 126 Å². The van der Waals surface area contributed by atoms with Gasteiger partial charge in [-0.3, -0.25) is 4.79 Å². The van der Waals surface area contributed by atoms with Gasteiger partial charge in [0, 0.05) is 24.2 Å². The molecule has 1 aliphatic heterocycles. The number of rotatable bonds is 7. The standard InChI is InChI=1S/C41H67NO9/c1-22(2)31(42-34(46)51-35(4,5)6)33(45)50-26-19-27-39(12)20-24(44)30(25-13-14-29(49-25)37(9,10)47)38(39,11)17-18-40(27)21-41(40)16-15-28(48-23(3)43)36(7,8)32(26)41/h22,24-32,44,47H,13-21H2,1-12H3,(H,42,46)/t24-,25?,26-,27?,28-,29-,30+,31-,32-,38+,39-,40?,41+/m0/s1. The molecule has 10 nitrogen and oxygen atoms in total. The van der Waals surface area contributed by atoms with Crippen molar-refractivity contribution in [1.82, 2.24) is 5.32 Å². The zero-order chi connectivity index (χ0) is 37.9. The van der Waals surface area contributed by atoms with E-state index in [1.165, 1.54) is 6.92 Å². The number of ether oxygens (including phenoxy) is 4. The van der Waals surface area contributed by atoms with Crippen LogP contribution in [-0.4, -0.2) is 76.0 Å². The average Bonchev–Trinajstić information content (AvgIpc) is 3.22. The molecule has 2 spiro atoms. The second kappa shape index (κ2) is 12.3. The van der Waals surface area contributed by atoms with Crippen LogP contribution in [0.25, 0.3) is 0 Å².